The van der Waals surface area contributed by atoms with Crippen LogP contribution in [0.5, 0.6) is 0 Å². The molecule has 98 valence electrons. The van der Waals surface area contributed by atoms with Crippen LogP contribution < -0.4 is 11.1 Å². The van der Waals surface area contributed by atoms with Crippen molar-refractivity contribution in [3.8, 4) is 0 Å². The highest BCUT2D eigenvalue weighted by Gasteiger charge is 2.25. The van der Waals surface area contributed by atoms with Gasteiger partial charge >= 0.3 is 0 Å². The molecule has 1 aromatic rings. The zero-order chi connectivity index (χ0) is 13.0. The Morgan fingerprint density at radius 2 is 2.11 bits per heavy atom. The van der Waals surface area contributed by atoms with E-state index in [1.54, 1.807) is 0 Å². The van der Waals surface area contributed by atoms with Crippen LogP contribution in [-0.2, 0) is 11.2 Å². The van der Waals surface area contributed by atoms with Crippen LogP contribution in [0.3, 0.4) is 0 Å². The predicted molar refractivity (Wildman–Crippen MR) is 69.9 cm³/mol. The molecule has 2 rings (SSSR count). The highest BCUT2D eigenvalue weighted by atomic mass is 16.3. The van der Waals surface area contributed by atoms with E-state index < -0.39 is 6.04 Å². The minimum absolute atomic E-state index is 0.0781. The second-order valence-corrected chi connectivity index (χ2v) is 4.97. The second kappa shape index (κ2) is 5.98. The van der Waals surface area contributed by atoms with Crippen molar-refractivity contribution in [1.82, 2.24) is 5.32 Å². The van der Waals surface area contributed by atoms with Crippen LogP contribution in [0, 0.1) is 0 Å². The van der Waals surface area contributed by atoms with Crippen LogP contribution in [0.4, 0.5) is 0 Å². The van der Waals surface area contributed by atoms with Crippen molar-refractivity contribution in [2.24, 2.45) is 5.73 Å². The fraction of sp³-hybridized carbons (Fsp3) is 0.500. The molecule has 1 aliphatic carbocycles. The van der Waals surface area contributed by atoms with Crippen LogP contribution in [-0.4, -0.2) is 29.2 Å². The van der Waals surface area contributed by atoms with E-state index in [-0.39, 0.29) is 18.1 Å². The minimum Gasteiger partial charge on any atom is -0.393 e. The van der Waals surface area contributed by atoms with Gasteiger partial charge in [0.2, 0.25) is 5.91 Å². The van der Waals surface area contributed by atoms with E-state index in [1.165, 1.54) is 0 Å². The fourth-order valence-electron chi connectivity index (χ4n) is 2.36. The van der Waals surface area contributed by atoms with Crippen molar-refractivity contribution in [3.05, 3.63) is 35.9 Å². The lowest BCUT2D eigenvalue weighted by atomic mass is 10.1. The number of nitrogens with one attached hydrogen (secondary N) is 1. The third-order valence-corrected chi connectivity index (χ3v) is 3.39. The number of nitrogens with two attached hydrogens (primary N) is 1. The zero-order valence-electron chi connectivity index (χ0n) is 10.4. The van der Waals surface area contributed by atoms with Crippen molar-refractivity contribution in [1.29, 1.82) is 0 Å². The molecule has 0 spiro atoms. The predicted octanol–water partition coefficient (Wildman–Crippen LogP) is 0.586. The first kappa shape index (κ1) is 13.1. The van der Waals surface area contributed by atoms with Crippen molar-refractivity contribution < 1.29 is 9.90 Å². The van der Waals surface area contributed by atoms with Crippen LogP contribution in [0.1, 0.15) is 24.8 Å². The lowest BCUT2D eigenvalue weighted by molar-refractivity contribution is -0.123. The van der Waals surface area contributed by atoms with E-state index >= 15 is 0 Å². The van der Waals surface area contributed by atoms with Gasteiger partial charge in [-0.2, -0.15) is 0 Å². The summed E-state index contributed by atoms with van der Waals surface area (Å²) < 4.78 is 0. The zero-order valence-corrected chi connectivity index (χ0v) is 10.4. The van der Waals surface area contributed by atoms with E-state index in [0.29, 0.717) is 12.8 Å². The molecule has 0 heterocycles. The Labute approximate surface area is 107 Å². The molecule has 0 bridgehead atoms. The Morgan fingerprint density at radius 3 is 2.72 bits per heavy atom. The number of aliphatic hydroxyl groups excluding tert-OH is 1. The molecule has 1 aliphatic rings. The molecule has 0 unspecified atom stereocenters. The first-order chi connectivity index (χ1) is 8.65. The molecule has 0 aliphatic heterocycles. The van der Waals surface area contributed by atoms with Gasteiger partial charge in [-0.25, -0.2) is 0 Å². The van der Waals surface area contributed by atoms with E-state index in [9.17, 15) is 9.90 Å². The fourth-order valence-corrected chi connectivity index (χ4v) is 2.36. The highest BCUT2D eigenvalue weighted by molar-refractivity contribution is 5.82. The standard InChI is InChI=1S/C14H20N2O2/c15-13(8-10-4-2-1-3-5-10)14(18)16-11-6-7-12(17)9-11/h1-5,11-13,17H,6-9,15H2,(H,16,18)/t11-,12+,13+/m1/s1. The Kier molecular flexibility index (Phi) is 4.33. The SMILES string of the molecule is N[C@@H](Cc1ccccc1)C(=O)N[C@@H]1CC[C@H](O)C1. The van der Waals surface area contributed by atoms with Crippen molar-refractivity contribution in [3.63, 3.8) is 0 Å². The molecule has 4 heteroatoms. The van der Waals surface area contributed by atoms with Crippen molar-refractivity contribution in [2.75, 3.05) is 0 Å². The molecule has 1 fully saturated rings. The summed E-state index contributed by atoms with van der Waals surface area (Å²) >= 11 is 0. The van der Waals surface area contributed by atoms with E-state index in [1.807, 2.05) is 30.3 Å². The summed E-state index contributed by atoms with van der Waals surface area (Å²) in [4.78, 5) is 11.9. The summed E-state index contributed by atoms with van der Waals surface area (Å²) in [5.74, 6) is -0.127. The first-order valence-corrected chi connectivity index (χ1v) is 6.43. The smallest absolute Gasteiger partial charge is 0.237 e. The number of aliphatic hydroxyl groups is 1. The number of amides is 1. The van der Waals surface area contributed by atoms with E-state index in [4.69, 9.17) is 5.73 Å². The van der Waals surface area contributed by atoms with Gasteiger partial charge in [-0.15, -0.1) is 0 Å². The second-order valence-electron chi connectivity index (χ2n) is 4.97. The maximum Gasteiger partial charge on any atom is 0.237 e. The van der Waals surface area contributed by atoms with Gasteiger partial charge in [0.1, 0.15) is 0 Å². The number of carbonyl (C=O) groups is 1. The molecule has 0 aromatic heterocycles. The molecule has 4 N–H and O–H groups in total. The average molecular weight is 248 g/mol. The lowest BCUT2D eigenvalue weighted by Gasteiger charge is -2.16. The Hall–Kier alpha value is -1.39. The lowest BCUT2D eigenvalue weighted by Crippen LogP contribution is -2.45. The summed E-state index contributed by atoms with van der Waals surface area (Å²) in [6, 6.07) is 9.30. The third-order valence-electron chi connectivity index (χ3n) is 3.39. The molecule has 4 nitrogen and oxygen atoms in total. The third kappa shape index (κ3) is 3.55. The van der Waals surface area contributed by atoms with Crippen LogP contribution >= 0.6 is 0 Å². The van der Waals surface area contributed by atoms with Gasteiger partial charge in [0, 0.05) is 6.04 Å². The quantitative estimate of drug-likeness (QED) is 0.730. The molecule has 18 heavy (non-hydrogen) atoms. The van der Waals surface area contributed by atoms with Crippen LogP contribution in [0.15, 0.2) is 30.3 Å². The maximum atomic E-state index is 11.9. The highest BCUT2D eigenvalue weighted by Crippen LogP contribution is 2.18. The number of benzene rings is 1. The molecule has 1 saturated carbocycles. The van der Waals surface area contributed by atoms with Gasteiger partial charge in [-0.3, -0.25) is 4.79 Å². The minimum atomic E-state index is -0.523. The molecule has 1 aromatic carbocycles. The van der Waals surface area contributed by atoms with Crippen molar-refractivity contribution in [2.45, 2.75) is 43.9 Å². The topological polar surface area (TPSA) is 75.4 Å². The van der Waals surface area contributed by atoms with Gasteiger partial charge in [-0.1, -0.05) is 30.3 Å². The summed E-state index contributed by atoms with van der Waals surface area (Å²) in [6.45, 7) is 0. The Morgan fingerprint density at radius 1 is 1.39 bits per heavy atom. The van der Waals surface area contributed by atoms with Crippen molar-refractivity contribution >= 4 is 5.91 Å². The van der Waals surface area contributed by atoms with E-state index in [0.717, 1.165) is 18.4 Å². The number of hydrogen-bond donors (Lipinski definition) is 3. The first-order valence-electron chi connectivity index (χ1n) is 6.43. The summed E-state index contributed by atoms with van der Waals surface area (Å²) in [7, 11) is 0. The number of carbonyl (C=O) groups excluding carboxylic acids is 1. The molecular formula is C14H20N2O2. The van der Waals surface area contributed by atoms with Gasteiger partial charge in [0.05, 0.1) is 12.1 Å². The average Bonchev–Trinajstić information content (AvgIpc) is 2.76. The van der Waals surface area contributed by atoms with Gasteiger partial charge in [0.25, 0.3) is 0 Å². The normalized spacial score (nSPS) is 24.8. The molecular weight excluding hydrogens is 228 g/mol. The molecule has 3 atom stereocenters. The monoisotopic (exact) mass is 248 g/mol. The van der Waals surface area contributed by atoms with Gasteiger partial charge in [-0.05, 0) is 31.2 Å². The number of hydrogen-bond acceptors (Lipinski definition) is 3. The van der Waals surface area contributed by atoms with Gasteiger partial charge < -0.3 is 16.2 Å². The van der Waals surface area contributed by atoms with Crippen LogP contribution in [0.25, 0.3) is 0 Å². The number of rotatable bonds is 4. The summed E-state index contributed by atoms with van der Waals surface area (Å²) in [5.41, 5.74) is 6.95. The summed E-state index contributed by atoms with van der Waals surface area (Å²) in [6.07, 6.45) is 2.51. The molecule has 1 amide bonds. The molecule has 0 radical (unpaired) electrons. The van der Waals surface area contributed by atoms with Crippen LogP contribution in [0.2, 0.25) is 0 Å². The van der Waals surface area contributed by atoms with Gasteiger partial charge in [0.15, 0.2) is 0 Å². The van der Waals surface area contributed by atoms with E-state index in [2.05, 4.69) is 5.32 Å². The summed E-state index contributed by atoms with van der Waals surface area (Å²) in [5, 5.41) is 12.3. The maximum absolute atomic E-state index is 11.9. The Bertz CT molecular complexity index is 394. The Balaban J connectivity index is 1.82. The largest absolute Gasteiger partial charge is 0.393 e. The molecule has 0 saturated heterocycles.